The number of piperidine rings is 1. The number of nitrogens with zero attached hydrogens (tertiary/aromatic N) is 2. The molecule has 0 aliphatic carbocycles. The minimum absolute atomic E-state index is 0.104. The Morgan fingerprint density at radius 2 is 2.32 bits per heavy atom. The van der Waals surface area contributed by atoms with Gasteiger partial charge < -0.3 is 10.2 Å². The molecule has 2 aliphatic heterocycles. The van der Waals surface area contributed by atoms with Gasteiger partial charge in [0.05, 0.1) is 0 Å². The van der Waals surface area contributed by atoms with E-state index in [4.69, 9.17) is 6.42 Å². The van der Waals surface area contributed by atoms with Crippen LogP contribution in [0.5, 0.6) is 0 Å². The first-order chi connectivity index (χ1) is 10.7. The van der Waals surface area contributed by atoms with Crippen molar-refractivity contribution in [2.75, 3.05) is 19.6 Å². The lowest BCUT2D eigenvalue weighted by molar-refractivity contribution is 0.0919. The molecule has 2 saturated heterocycles. The quantitative estimate of drug-likeness (QED) is 0.856. The van der Waals surface area contributed by atoms with E-state index in [1.807, 2.05) is 18.2 Å². The molecule has 2 aliphatic rings. The third kappa shape index (κ3) is 2.15. The van der Waals surface area contributed by atoms with Gasteiger partial charge in [0.1, 0.15) is 5.69 Å². The summed E-state index contributed by atoms with van der Waals surface area (Å²) in [6, 6.07) is 7.79. The fourth-order valence-corrected chi connectivity index (χ4v) is 3.61. The van der Waals surface area contributed by atoms with E-state index in [9.17, 15) is 4.79 Å². The summed E-state index contributed by atoms with van der Waals surface area (Å²) in [5, 5.41) is 4.99. The molecule has 0 spiro atoms. The first-order valence-corrected chi connectivity index (χ1v) is 7.63. The van der Waals surface area contributed by atoms with Crippen molar-refractivity contribution in [1.82, 2.24) is 15.2 Å². The van der Waals surface area contributed by atoms with Gasteiger partial charge >= 0.3 is 0 Å². The Morgan fingerprint density at radius 1 is 1.41 bits per heavy atom. The summed E-state index contributed by atoms with van der Waals surface area (Å²) in [6.45, 7) is 3.23. The van der Waals surface area contributed by atoms with E-state index in [1.165, 1.54) is 6.42 Å². The first kappa shape index (κ1) is 13.3. The SMILES string of the molecule is C#Cc1cccc2cnc(C(=O)NC3CN4CC[C@H]3C4)cc12. The number of nitrogens with one attached hydrogen (secondary N) is 1. The molecule has 4 rings (SSSR count). The van der Waals surface area contributed by atoms with Gasteiger partial charge in [-0.25, -0.2) is 0 Å². The lowest BCUT2D eigenvalue weighted by Crippen LogP contribution is -2.43. The largest absolute Gasteiger partial charge is 0.346 e. The van der Waals surface area contributed by atoms with Gasteiger partial charge in [-0.3, -0.25) is 9.78 Å². The van der Waals surface area contributed by atoms with Crippen molar-refractivity contribution in [3.8, 4) is 12.3 Å². The number of benzene rings is 1. The molecule has 1 aromatic heterocycles. The van der Waals surface area contributed by atoms with Crippen molar-refractivity contribution in [2.45, 2.75) is 12.5 Å². The predicted molar refractivity (Wildman–Crippen MR) is 85.5 cm³/mol. The Hall–Kier alpha value is -2.38. The van der Waals surface area contributed by atoms with Crippen molar-refractivity contribution < 1.29 is 4.79 Å². The number of aromatic nitrogens is 1. The minimum Gasteiger partial charge on any atom is -0.346 e. The summed E-state index contributed by atoms with van der Waals surface area (Å²) in [5.41, 5.74) is 1.23. The van der Waals surface area contributed by atoms with Gasteiger partial charge in [-0.15, -0.1) is 6.42 Å². The average molecular weight is 291 g/mol. The molecule has 1 N–H and O–H groups in total. The summed E-state index contributed by atoms with van der Waals surface area (Å²) in [7, 11) is 0. The lowest BCUT2D eigenvalue weighted by atomic mass is 10.00. The smallest absolute Gasteiger partial charge is 0.270 e. The molecule has 0 radical (unpaired) electrons. The summed E-state index contributed by atoms with van der Waals surface area (Å²) in [5.74, 6) is 3.15. The second-order valence-corrected chi connectivity index (χ2v) is 6.13. The highest BCUT2D eigenvalue weighted by molar-refractivity contribution is 5.98. The zero-order valence-corrected chi connectivity index (χ0v) is 12.2. The number of hydrogen-bond acceptors (Lipinski definition) is 3. The zero-order chi connectivity index (χ0) is 15.1. The highest BCUT2D eigenvalue weighted by Crippen LogP contribution is 2.28. The summed E-state index contributed by atoms with van der Waals surface area (Å²) in [6.07, 6.45) is 8.43. The molecule has 2 unspecified atom stereocenters. The number of carbonyl (C=O) groups excluding carboxylic acids is 1. The summed E-state index contributed by atoms with van der Waals surface area (Å²) >= 11 is 0. The van der Waals surface area contributed by atoms with E-state index < -0.39 is 0 Å². The van der Waals surface area contributed by atoms with Gasteiger partial charge in [0.25, 0.3) is 5.91 Å². The van der Waals surface area contributed by atoms with Crippen LogP contribution < -0.4 is 5.32 Å². The maximum absolute atomic E-state index is 12.5. The van der Waals surface area contributed by atoms with Crippen molar-refractivity contribution in [2.24, 2.45) is 5.92 Å². The number of pyridine rings is 1. The number of terminal acetylenes is 1. The number of fused-ring (bicyclic) bond motifs is 3. The second-order valence-electron chi connectivity index (χ2n) is 6.13. The topological polar surface area (TPSA) is 45.2 Å². The monoisotopic (exact) mass is 291 g/mol. The molecular weight excluding hydrogens is 274 g/mol. The van der Waals surface area contributed by atoms with E-state index in [1.54, 1.807) is 12.3 Å². The van der Waals surface area contributed by atoms with Gasteiger partial charge in [0.15, 0.2) is 0 Å². The fraction of sp³-hybridized carbons (Fsp3) is 0.333. The van der Waals surface area contributed by atoms with Crippen LogP contribution in [-0.4, -0.2) is 41.5 Å². The van der Waals surface area contributed by atoms with E-state index in [-0.39, 0.29) is 11.9 Å². The first-order valence-electron chi connectivity index (χ1n) is 7.63. The van der Waals surface area contributed by atoms with Crippen LogP contribution in [0.3, 0.4) is 0 Å². The molecule has 1 amide bonds. The molecule has 2 fully saturated rings. The molecule has 22 heavy (non-hydrogen) atoms. The Balaban J connectivity index is 1.61. The van der Waals surface area contributed by atoms with E-state index in [2.05, 4.69) is 21.1 Å². The van der Waals surface area contributed by atoms with Crippen LogP contribution in [0.4, 0.5) is 0 Å². The van der Waals surface area contributed by atoms with E-state index >= 15 is 0 Å². The number of hydrogen-bond donors (Lipinski definition) is 1. The fourth-order valence-electron chi connectivity index (χ4n) is 3.61. The number of amides is 1. The molecule has 110 valence electrons. The summed E-state index contributed by atoms with van der Waals surface area (Å²) < 4.78 is 0. The Kier molecular flexibility index (Phi) is 3.09. The third-order valence-corrected chi connectivity index (χ3v) is 4.80. The third-order valence-electron chi connectivity index (χ3n) is 4.80. The normalized spacial score (nSPS) is 26.0. The van der Waals surface area contributed by atoms with Gasteiger partial charge in [-0.05, 0) is 31.0 Å². The molecule has 2 bridgehead atoms. The minimum atomic E-state index is -0.104. The van der Waals surface area contributed by atoms with Crippen LogP contribution >= 0.6 is 0 Å². The van der Waals surface area contributed by atoms with Gasteiger partial charge in [0.2, 0.25) is 0 Å². The Labute approximate surface area is 129 Å². The molecule has 4 nitrogen and oxygen atoms in total. The lowest BCUT2D eigenvalue weighted by Gasteiger charge is -2.23. The van der Waals surface area contributed by atoms with Crippen LogP contribution in [0.1, 0.15) is 22.5 Å². The molecule has 2 aromatic rings. The van der Waals surface area contributed by atoms with Crippen LogP contribution in [0.25, 0.3) is 10.8 Å². The molecule has 3 heterocycles. The zero-order valence-electron chi connectivity index (χ0n) is 12.2. The van der Waals surface area contributed by atoms with Crippen LogP contribution in [0, 0.1) is 18.3 Å². The molecule has 3 atom stereocenters. The van der Waals surface area contributed by atoms with Crippen molar-refractivity contribution in [3.05, 3.63) is 41.7 Å². The van der Waals surface area contributed by atoms with E-state index in [0.29, 0.717) is 11.6 Å². The number of rotatable bonds is 2. The van der Waals surface area contributed by atoms with Gasteiger partial charge in [0, 0.05) is 41.7 Å². The maximum atomic E-state index is 12.5. The van der Waals surface area contributed by atoms with Crippen molar-refractivity contribution in [1.29, 1.82) is 0 Å². The van der Waals surface area contributed by atoms with Crippen molar-refractivity contribution in [3.63, 3.8) is 0 Å². The van der Waals surface area contributed by atoms with Crippen LogP contribution in [0.15, 0.2) is 30.5 Å². The molecule has 0 saturated carbocycles. The van der Waals surface area contributed by atoms with Gasteiger partial charge in [-0.1, -0.05) is 18.1 Å². The average Bonchev–Trinajstić information content (AvgIpc) is 3.16. The van der Waals surface area contributed by atoms with E-state index in [0.717, 1.165) is 36.0 Å². The predicted octanol–water partition coefficient (Wildman–Crippen LogP) is 1.65. The van der Waals surface area contributed by atoms with Crippen LogP contribution in [0.2, 0.25) is 0 Å². The maximum Gasteiger partial charge on any atom is 0.270 e. The summed E-state index contributed by atoms with van der Waals surface area (Å²) in [4.78, 5) is 19.2. The second kappa shape index (κ2) is 5.11. The standard InChI is InChI=1S/C18H17N3O/c1-2-12-4-3-5-13-9-19-16(8-15(12)13)18(22)20-17-11-21-7-6-14(17)10-21/h1,3-5,8-9,14,17H,6-7,10-11H2,(H,20,22)/t14-,17?/m0/s1. The van der Waals surface area contributed by atoms with Crippen molar-refractivity contribution >= 4 is 16.7 Å². The molecule has 4 heteroatoms. The molecule has 1 aromatic carbocycles. The Bertz CT molecular complexity index is 793. The highest BCUT2D eigenvalue weighted by Gasteiger charge is 2.38. The Morgan fingerprint density at radius 3 is 3.05 bits per heavy atom. The highest BCUT2D eigenvalue weighted by atomic mass is 16.2. The number of carbonyl (C=O) groups is 1. The van der Waals surface area contributed by atoms with Gasteiger partial charge in [-0.2, -0.15) is 0 Å². The molecular formula is C18H17N3O. The van der Waals surface area contributed by atoms with Crippen LogP contribution in [-0.2, 0) is 0 Å².